The molecule has 1 aromatic carbocycles. The topological polar surface area (TPSA) is 15.3 Å². The fourth-order valence-corrected chi connectivity index (χ4v) is 3.13. The second-order valence-electron chi connectivity index (χ2n) is 5.31. The van der Waals surface area contributed by atoms with Gasteiger partial charge in [-0.15, -0.1) is 0 Å². The summed E-state index contributed by atoms with van der Waals surface area (Å²) in [6.45, 7) is 5.79. The third kappa shape index (κ3) is 3.72. The van der Waals surface area contributed by atoms with Gasteiger partial charge in [0.25, 0.3) is 0 Å². The molecule has 100 valence electrons. The molecule has 1 heterocycles. The summed E-state index contributed by atoms with van der Waals surface area (Å²) in [5, 5.41) is 3.63. The maximum Gasteiger partial charge on any atom is 0.0373 e. The Balaban J connectivity index is 1.93. The van der Waals surface area contributed by atoms with E-state index in [1.165, 1.54) is 41.7 Å². The molecule has 0 saturated carbocycles. The van der Waals surface area contributed by atoms with Crippen LogP contribution in [-0.4, -0.2) is 31.6 Å². The van der Waals surface area contributed by atoms with Gasteiger partial charge in [-0.2, -0.15) is 0 Å². The Labute approximate surface area is 119 Å². The lowest BCUT2D eigenvalue weighted by Gasteiger charge is -2.30. The number of rotatable bonds is 4. The fourth-order valence-electron chi connectivity index (χ4n) is 2.72. The van der Waals surface area contributed by atoms with Gasteiger partial charge in [0, 0.05) is 23.2 Å². The minimum atomic E-state index is 0.789. The van der Waals surface area contributed by atoms with E-state index >= 15 is 0 Å². The van der Waals surface area contributed by atoms with Crippen LogP contribution in [0.25, 0.3) is 0 Å². The summed E-state index contributed by atoms with van der Waals surface area (Å²) >= 11 is 3.54. The van der Waals surface area contributed by atoms with E-state index in [9.17, 15) is 0 Å². The zero-order valence-corrected chi connectivity index (χ0v) is 13.0. The molecular formula is C15H23BrN2. The first kappa shape index (κ1) is 13.9. The van der Waals surface area contributed by atoms with E-state index in [2.05, 4.69) is 58.3 Å². The van der Waals surface area contributed by atoms with Crippen molar-refractivity contribution in [3.8, 4) is 0 Å². The van der Waals surface area contributed by atoms with Crippen molar-refractivity contribution in [1.82, 2.24) is 4.90 Å². The van der Waals surface area contributed by atoms with E-state index < -0.39 is 0 Å². The van der Waals surface area contributed by atoms with Crippen LogP contribution in [0, 0.1) is 5.92 Å². The second kappa shape index (κ2) is 6.58. The lowest BCUT2D eigenvalue weighted by molar-refractivity contribution is 0.217. The molecular weight excluding hydrogens is 288 g/mol. The van der Waals surface area contributed by atoms with Gasteiger partial charge in [-0.25, -0.2) is 0 Å². The van der Waals surface area contributed by atoms with Gasteiger partial charge in [-0.3, -0.25) is 0 Å². The summed E-state index contributed by atoms with van der Waals surface area (Å²) in [4.78, 5) is 2.44. The summed E-state index contributed by atoms with van der Waals surface area (Å²) in [7, 11) is 2.23. The van der Waals surface area contributed by atoms with E-state index in [1.54, 1.807) is 0 Å². The first-order chi connectivity index (χ1) is 8.69. The largest absolute Gasteiger partial charge is 0.384 e. The van der Waals surface area contributed by atoms with E-state index in [1.807, 2.05) is 0 Å². The number of benzene rings is 1. The van der Waals surface area contributed by atoms with Crippen LogP contribution in [0.5, 0.6) is 0 Å². The average molecular weight is 311 g/mol. The second-order valence-corrected chi connectivity index (χ2v) is 6.22. The zero-order valence-electron chi connectivity index (χ0n) is 11.4. The summed E-state index contributed by atoms with van der Waals surface area (Å²) in [6.07, 6.45) is 3.77. The van der Waals surface area contributed by atoms with Gasteiger partial charge in [0.1, 0.15) is 0 Å². The first-order valence-electron chi connectivity index (χ1n) is 6.90. The van der Waals surface area contributed by atoms with Gasteiger partial charge in [-0.1, -0.05) is 22.9 Å². The number of piperidine rings is 1. The van der Waals surface area contributed by atoms with Crippen molar-refractivity contribution >= 4 is 21.6 Å². The Bertz CT molecular complexity index is 392. The van der Waals surface area contributed by atoms with Crippen LogP contribution < -0.4 is 5.32 Å². The predicted octanol–water partition coefficient (Wildman–Crippen LogP) is 3.77. The smallest absolute Gasteiger partial charge is 0.0373 e. The maximum atomic E-state index is 3.63. The maximum absolute atomic E-state index is 3.63. The van der Waals surface area contributed by atoms with Crippen LogP contribution >= 0.6 is 15.9 Å². The molecule has 1 aliphatic rings. The molecule has 0 radical (unpaired) electrons. The van der Waals surface area contributed by atoms with E-state index in [-0.39, 0.29) is 0 Å². The van der Waals surface area contributed by atoms with Crippen LogP contribution in [-0.2, 0) is 6.42 Å². The SMILES string of the molecule is CCc1cc(Br)ccc1NCC1CCCN(C)C1. The highest BCUT2D eigenvalue weighted by Crippen LogP contribution is 2.23. The number of nitrogens with zero attached hydrogens (tertiary/aromatic N) is 1. The highest BCUT2D eigenvalue weighted by atomic mass is 79.9. The molecule has 0 bridgehead atoms. The summed E-state index contributed by atoms with van der Waals surface area (Å²) in [6, 6.07) is 6.53. The Morgan fingerprint density at radius 3 is 3.00 bits per heavy atom. The molecule has 18 heavy (non-hydrogen) atoms. The lowest BCUT2D eigenvalue weighted by Crippen LogP contribution is -2.35. The van der Waals surface area contributed by atoms with Gasteiger partial charge in [0.05, 0.1) is 0 Å². The van der Waals surface area contributed by atoms with Gasteiger partial charge < -0.3 is 10.2 Å². The normalized spacial score (nSPS) is 20.9. The number of hydrogen-bond acceptors (Lipinski definition) is 2. The van der Waals surface area contributed by atoms with Crippen molar-refractivity contribution < 1.29 is 0 Å². The highest BCUT2D eigenvalue weighted by Gasteiger charge is 2.16. The van der Waals surface area contributed by atoms with E-state index in [0.29, 0.717) is 0 Å². The van der Waals surface area contributed by atoms with Crippen molar-refractivity contribution in [2.24, 2.45) is 5.92 Å². The monoisotopic (exact) mass is 310 g/mol. The number of hydrogen-bond donors (Lipinski definition) is 1. The van der Waals surface area contributed by atoms with Crippen LogP contribution in [0.4, 0.5) is 5.69 Å². The molecule has 1 N–H and O–H groups in total. The Kier molecular flexibility index (Phi) is 5.07. The number of likely N-dealkylation sites (tertiary alicyclic amines) is 1. The molecule has 1 atom stereocenters. The number of aryl methyl sites for hydroxylation is 1. The van der Waals surface area contributed by atoms with Crippen LogP contribution in [0.3, 0.4) is 0 Å². The third-order valence-corrected chi connectivity index (χ3v) is 4.24. The molecule has 1 fully saturated rings. The summed E-state index contributed by atoms with van der Waals surface area (Å²) in [5.41, 5.74) is 2.70. The molecule has 0 amide bonds. The van der Waals surface area contributed by atoms with E-state index in [0.717, 1.165) is 18.9 Å². The van der Waals surface area contributed by atoms with Crippen molar-refractivity contribution in [2.75, 3.05) is 32.0 Å². The van der Waals surface area contributed by atoms with Crippen LogP contribution in [0.1, 0.15) is 25.3 Å². The Morgan fingerprint density at radius 1 is 1.44 bits per heavy atom. The average Bonchev–Trinajstić information content (AvgIpc) is 2.37. The van der Waals surface area contributed by atoms with Crippen molar-refractivity contribution in [1.29, 1.82) is 0 Å². The summed E-state index contributed by atoms with van der Waals surface area (Å²) in [5.74, 6) is 0.789. The van der Waals surface area contributed by atoms with Crippen molar-refractivity contribution in [3.63, 3.8) is 0 Å². The molecule has 1 aromatic rings. The molecule has 0 aliphatic carbocycles. The number of halogens is 1. The third-order valence-electron chi connectivity index (χ3n) is 3.75. The van der Waals surface area contributed by atoms with Gasteiger partial charge >= 0.3 is 0 Å². The van der Waals surface area contributed by atoms with Crippen molar-refractivity contribution in [2.45, 2.75) is 26.2 Å². The Morgan fingerprint density at radius 2 is 2.28 bits per heavy atom. The molecule has 3 heteroatoms. The molecule has 0 spiro atoms. The van der Waals surface area contributed by atoms with Crippen LogP contribution in [0.15, 0.2) is 22.7 Å². The van der Waals surface area contributed by atoms with Gasteiger partial charge in [-0.05, 0) is 62.5 Å². The van der Waals surface area contributed by atoms with Crippen LogP contribution in [0.2, 0.25) is 0 Å². The van der Waals surface area contributed by atoms with Crippen molar-refractivity contribution in [3.05, 3.63) is 28.2 Å². The quantitative estimate of drug-likeness (QED) is 0.911. The minimum absolute atomic E-state index is 0.789. The number of anilines is 1. The zero-order chi connectivity index (χ0) is 13.0. The standard InChI is InChI=1S/C15H23BrN2/c1-3-13-9-14(16)6-7-15(13)17-10-12-5-4-8-18(2)11-12/h6-7,9,12,17H,3-5,8,10-11H2,1-2H3. The molecule has 1 aliphatic heterocycles. The number of nitrogens with one attached hydrogen (secondary N) is 1. The lowest BCUT2D eigenvalue weighted by atomic mass is 9.98. The predicted molar refractivity (Wildman–Crippen MR) is 82.2 cm³/mol. The molecule has 0 aromatic heterocycles. The minimum Gasteiger partial charge on any atom is -0.384 e. The summed E-state index contributed by atoms with van der Waals surface area (Å²) < 4.78 is 1.17. The molecule has 1 unspecified atom stereocenters. The molecule has 2 nitrogen and oxygen atoms in total. The van der Waals surface area contributed by atoms with E-state index in [4.69, 9.17) is 0 Å². The Hall–Kier alpha value is -0.540. The van der Waals surface area contributed by atoms with Gasteiger partial charge in [0.15, 0.2) is 0 Å². The fraction of sp³-hybridized carbons (Fsp3) is 0.600. The highest BCUT2D eigenvalue weighted by molar-refractivity contribution is 9.10. The molecule has 1 saturated heterocycles. The van der Waals surface area contributed by atoms with Gasteiger partial charge in [0.2, 0.25) is 0 Å². The first-order valence-corrected chi connectivity index (χ1v) is 7.69. The molecule has 2 rings (SSSR count).